The van der Waals surface area contributed by atoms with E-state index in [-0.39, 0.29) is 17.2 Å². The first-order valence-electron chi connectivity index (χ1n) is 7.58. The van der Waals surface area contributed by atoms with Crippen molar-refractivity contribution in [3.05, 3.63) is 75.4 Å². The number of fused-ring (bicyclic) bond motifs is 3. The lowest BCUT2D eigenvalue weighted by Gasteiger charge is -2.16. The normalized spacial score (nSPS) is 12.1. The van der Waals surface area contributed by atoms with E-state index in [1.54, 1.807) is 12.1 Å². The molecule has 6 heteroatoms. The lowest BCUT2D eigenvalue weighted by atomic mass is 10.1. The Kier molecular flexibility index (Phi) is 4.19. The van der Waals surface area contributed by atoms with Crippen molar-refractivity contribution in [3.63, 3.8) is 0 Å². The van der Waals surface area contributed by atoms with E-state index in [2.05, 4.69) is 0 Å². The third-order valence-electron chi connectivity index (χ3n) is 3.93. The number of carbonyl (C=O) groups is 1. The van der Waals surface area contributed by atoms with E-state index >= 15 is 0 Å². The molecule has 25 heavy (non-hydrogen) atoms. The molecule has 0 spiro atoms. The second-order valence-corrected chi connectivity index (χ2v) is 6.99. The molecule has 1 aromatic heterocycles. The first-order valence-corrected chi connectivity index (χ1v) is 8.78. The van der Waals surface area contributed by atoms with Gasteiger partial charge >= 0.3 is 5.97 Å². The molecule has 0 saturated carbocycles. The van der Waals surface area contributed by atoms with E-state index in [4.69, 9.17) is 21.1 Å². The first-order chi connectivity index (χ1) is 12.1. The number of rotatable bonds is 3. The Morgan fingerprint density at radius 2 is 2.08 bits per heavy atom. The summed E-state index contributed by atoms with van der Waals surface area (Å²) in [4.78, 5) is 13.8. The summed E-state index contributed by atoms with van der Waals surface area (Å²) in [5, 5.41) is 0.237. The minimum absolute atomic E-state index is 0.174. The Morgan fingerprint density at radius 1 is 1.24 bits per heavy atom. The zero-order valence-corrected chi connectivity index (χ0v) is 14.5. The summed E-state index contributed by atoms with van der Waals surface area (Å²) < 4.78 is 24.7. The SMILES string of the molecule is O=C(OCc1c(F)cccc1Cl)c1cc2c(s1)-c1ccccc1OC2. The molecule has 0 saturated heterocycles. The second-order valence-electron chi connectivity index (χ2n) is 5.53. The number of thiophene rings is 1. The van der Waals surface area contributed by atoms with Crippen molar-refractivity contribution in [1.29, 1.82) is 0 Å². The largest absolute Gasteiger partial charge is 0.488 e. The summed E-state index contributed by atoms with van der Waals surface area (Å²) in [5.74, 6) is -0.195. The minimum Gasteiger partial charge on any atom is -0.488 e. The molecule has 1 aliphatic heterocycles. The highest BCUT2D eigenvalue weighted by molar-refractivity contribution is 7.17. The highest BCUT2D eigenvalue weighted by atomic mass is 35.5. The van der Waals surface area contributed by atoms with Crippen molar-refractivity contribution in [2.24, 2.45) is 0 Å². The number of esters is 1. The molecule has 0 amide bonds. The van der Waals surface area contributed by atoms with E-state index in [0.717, 1.165) is 21.8 Å². The molecule has 3 nitrogen and oxygen atoms in total. The molecule has 3 aromatic rings. The smallest absolute Gasteiger partial charge is 0.348 e. The molecule has 0 atom stereocenters. The number of carbonyl (C=O) groups excluding carboxylic acids is 1. The van der Waals surface area contributed by atoms with Crippen molar-refractivity contribution in [1.82, 2.24) is 0 Å². The number of para-hydroxylation sites is 1. The van der Waals surface area contributed by atoms with E-state index < -0.39 is 11.8 Å². The number of ether oxygens (including phenoxy) is 2. The molecule has 0 radical (unpaired) electrons. The summed E-state index contributed by atoms with van der Waals surface area (Å²) in [6, 6.07) is 13.8. The van der Waals surface area contributed by atoms with E-state index in [1.807, 2.05) is 24.3 Å². The van der Waals surface area contributed by atoms with Crippen LogP contribution in [-0.4, -0.2) is 5.97 Å². The predicted molar refractivity (Wildman–Crippen MR) is 94.6 cm³/mol. The topological polar surface area (TPSA) is 35.5 Å². The lowest BCUT2D eigenvalue weighted by Crippen LogP contribution is -2.05. The molecule has 0 N–H and O–H groups in total. The Morgan fingerprint density at radius 3 is 2.92 bits per heavy atom. The zero-order valence-electron chi connectivity index (χ0n) is 12.9. The fourth-order valence-electron chi connectivity index (χ4n) is 2.68. The van der Waals surface area contributed by atoms with Crippen molar-refractivity contribution < 1.29 is 18.7 Å². The molecular weight excluding hydrogens is 363 g/mol. The number of hydrogen-bond donors (Lipinski definition) is 0. The van der Waals surface area contributed by atoms with Crippen molar-refractivity contribution in [3.8, 4) is 16.2 Å². The Labute approximate surface area is 152 Å². The Balaban J connectivity index is 1.56. The molecule has 2 heterocycles. The van der Waals surface area contributed by atoms with Crippen LogP contribution in [0, 0.1) is 5.82 Å². The fraction of sp³-hybridized carbons (Fsp3) is 0.105. The maximum atomic E-state index is 13.8. The van der Waals surface area contributed by atoms with Gasteiger partial charge in [0.05, 0.1) is 5.02 Å². The zero-order chi connectivity index (χ0) is 17.4. The molecule has 0 fully saturated rings. The van der Waals surface area contributed by atoms with E-state index in [0.29, 0.717) is 11.5 Å². The van der Waals surface area contributed by atoms with Crippen LogP contribution in [0.1, 0.15) is 20.8 Å². The van der Waals surface area contributed by atoms with Gasteiger partial charge in [0, 0.05) is 21.6 Å². The van der Waals surface area contributed by atoms with Gasteiger partial charge in [-0.1, -0.05) is 29.8 Å². The number of hydrogen-bond acceptors (Lipinski definition) is 4. The second kappa shape index (κ2) is 6.50. The summed E-state index contributed by atoms with van der Waals surface area (Å²) in [5.41, 5.74) is 2.08. The maximum absolute atomic E-state index is 13.8. The summed E-state index contributed by atoms with van der Waals surface area (Å²) in [6.45, 7) is 0.204. The highest BCUT2D eigenvalue weighted by Gasteiger charge is 2.23. The minimum atomic E-state index is -0.504. The van der Waals surface area contributed by atoms with Gasteiger partial charge in [0.2, 0.25) is 0 Å². The van der Waals surface area contributed by atoms with Crippen LogP contribution < -0.4 is 4.74 Å². The quantitative estimate of drug-likeness (QED) is 0.571. The molecule has 0 aliphatic carbocycles. The van der Waals surface area contributed by atoms with Crippen LogP contribution in [0.2, 0.25) is 5.02 Å². The van der Waals surface area contributed by atoms with Crippen molar-refractivity contribution in [2.75, 3.05) is 0 Å². The van der Waals surface area contributed by atoms with E-state index in [1.165, 1.54) is 23.5 Å². The highest BCUT2D eigenvalue weighted by Crippen LogP contribution is 2.42. The average molecular weight is 375 g/mol. The maximum Gasteiger partial charge on any atom is 0.348 e. The van der Waals surface area contributed by atoms with Crippen LogP contribution in [0.5, 0.6) is 5.75 Å². The summed E-state index contributed by atoms with van der Waals surface area (Å²) in [7, 11) is 0. The Bertz CT molecular complexity index is 947. The lowest BCUT2D eigenvalue weighted by molar-refractivity contribution is 0.0475. The molecule has 1 aliphatic rings. The van der Waals surface area contributed by atoms with Gasteiger partial charge in [-0.3, -0.25) is 0 Å². The molecule has 4 rings (SSSR count). The predicted octanol–water partition coefficient (Wildman–Crippen LogP) is 5.46. The van der Waals surface area contributed by atoms with Gasteiger partial charge in [-0.05, 0) is 30.3 Å². The van der Waals surface area contributed by atoms with Crippen molar-refractivity contribution in [2.45, 2.75) is 13.2 Å². The van der Waals surface area contributed by atoms with Crippen molar-refractivity contribution >= 4 is 28.9 Å². The van der Waals surface area contributed by atoms with Gasteiger partial charge < -0.3 is 9.47 Å². The third-order valence-corrected chi connectivity index (χ3v) is 5.48. The van der Waals surface area contributed by atoms with Gasteiger partial charge in [0.25, 0.3) is 0 Å². The Hall–Kier alpha value is -2.37. The van der Waals surface area contributed by atoms with Gasteiger partial charge in [0.15, 0.2) is 0 Å². The molecule has 2 aromatic carbocycles. The fourth-order valence-corrected chi connectivity index (χ4v) is 3.99. The molecule has 0 unspecified atom stereocenters. The number of benzene rings is 2. The van der Waals surface area contributed by atoms with Crippen LogP contribution in [-0.2, 0) is 18.0 Å². The third kappa shape index (κ3) is 3.01. The monoisotopic (exact) mass is 374 g/mol. The molecule has 126 valence electrons. The van der Waals surface area contributed by atoms with Gasteiger partial charge in [-0.2, -0.15) is 0 Å². The summed E-state index contributed by atoms with van der Waals surface area (Å²) in [6.07, 6.45) is 0. The van der Waals surface area contributed by atoms with Gasteiger partial charge in [-0.25, -0.2) is 9.18 Å². The first kappa shape index (κ1) is 16.1. The van der Waals surface area contributed by atoms with Gasteiger partial charge in [-0.15, -0.1) is 11.3 Å². The van der Waals surface area contributed by atoms with Crippen LogP contribution in [0.4, 0.5) is 4.39 Å². The molecule has 0 bridgehead atoms. The van der Waals surface area contributed by atoms with Crippen LogP contribution in [0.15, 0.2) is 48.5 Å². The number of halogens is 2. The van der Waals surface area contributed by atoms with Gasteiger partial charge in [0.1, 0.15) is 29.7 Å². The van der Waals surface area contributed by atoms with Crippen LogP contribution >= 0.6 is 22.9 Å². The van der Waals surface area contributed by atoms with Crippen LogP contribution in [0.25, 0.3) is 10.4 Å². The standard InChI is InChI=1S/C19H12ClFO3S/c20-14-5-3-6-15(21)13(14)10-24-19(22)17-8-11-9-23-16-7-2-1-4-12(16)18(11)25-17/h1-8H,9-10H2. The van der Waals surface area contributed by atoms with Crippen LogP contribution in [0.3, 0.4) is 0 Å². The average Bonchev–Trinajstić information content (AvgIpc) is 3.06. The van der Waals surface area contributed by atoms with E-state index in [9.17, 15) is 9.18 Å². The summed E-state index contributed by atoms with van der Waals surface area (Å²) >= 11 is 7.30. The molecular formula is C19H12ClFO3S.